The maximum Gasteiger partial charge on any atom is 0.407 e. The molecule has 0 saturated heterocycles. The minimum atomic E-state index is -0.410. The van der Waals surface area contributed by atoms with Crippen LogP contribution < -0.4 is 16.0 Å². The van der Waals surface area contributed by atoms with Crippen molar-refractivity contribution in [2.75, 3.05) is 11.9 Å². The molecule has 1 fully saturated rings. The Morgan fingerprint density at radius 3 is 2.93 bits per heavy atom. The summed E-state index contributed by atoms with van der Waals surface area (Å²) in [7, 11) is 0. The smallest absolute Gasteiger partial charge is 0.407 e. The van der Waals surface area contributed by atoms with Crippen molar-refractivity contribution in [2.24, 2.45) is 0 Å². The quantitative estimate of drug-likeness (QED) is 0.554. The molecule has 1 unspecified atom stereocenters. The van der Waals surface area contributed by atoms with Crippen molar-refractivity contribution in [3.05, 3.63) is 35.7 Å². The number of H-pyrrole nitrogens is 1. The molecule has 1 aliphatic carbocycles. The summed E-state index contributed by atoms with van der Waals surface area (Å²) < 4.78 is 5.56. The molecule has 2 aromatic rings. The van der Waals surface area contributed by atoms with Gasteiger partial charge in [0, 0.05) is 30.3 Å². The van der Waals surface area contributed by atoms with E-state index in [2.05, 4.69) is 31.1 Å². The summed E-state index contributed by atoms with van der Waals surface area (Å²) in [5.74, 6) is 1.19. The molecule has 28 heavy (non-hydrogen) atoms. The van der Waals surface area contributed by atoms with E-state index in [-0.39, 0.29) is 24.0 Å². The van der Waals surface area contributed by atoms with Crippen LogP contribution >= 0.6 is 0 Å². The van der Waals surface area contributed by atoms with Crippen molar-refractivity contribution in [3.63, 3.8) is 0 Å². The monoisotopic (exact) mass is 384 g/mol. The van der Waals surface area contributed by atoms with Gasteiger partial charge in [0.15, 0.2) is 5.82 Å². The number of aromatic nitrogens is 3. The first-order valence-electron chi connectivity index (χ1n) is 9.61. The fourth-order valence-corrected chi connectivity index (χ4v) is 3.65. The van der Waals surface area contributed by atoms with Crippen LogP contribution in [0.3, 0.4) is 0 Å². The lowest BCUT2D eigenvalue weighted by atomic mass is 10.0. The van der Waals surface area contributed by atoms with E-state index < -0.39 is 6.09 Å². The van der Waals surface area contributed by atoms with Crippen LogP contribution in [0.1, 0.15) is 54.7 Å². The number of fused-ring (bicyclic) bond motifs is 7. The predicted octanol–water partition coefficient (Wildman–Crippen LogP) is 2.43. The lowest BCUT2D eigenvalue weighted by Gasteiger charge is -2.17. The summed E-state index contributed by atoms with van der Waals surface area (Å²) >= 11 is 0. The van der Waals surface area contributed by atoms with E-state index in [4.69, 9.17) is 4.74 Å². The zero-order valence-corrected chi connectivity index (χ0v) is 15.7. The van der Waals surface area contributed by atoms with Crippen molar-refractivity contribution in [3.8, 4) is 0 Å². The highest BCUT2D eigenvalue weighted by Gasteiger charge is 2.30. The van der Waals surface area contributed by atoms with Crippen LogP contribution in [0, 0.1) is 0 Å². The first kappa shape index (κ1) is 18.3. The number of alkyl carbamates (subject to hydrolysis) is 1. The predicted molar refractivity (Wildman–Crippen MR) is 103 cm³/mol. The first-order valence-corrected chi connectivity index (χ1v) is 9.61. The zero-order valence-electron chi connectivity index (χ0n) is 15.7. The number of amides is 2. The van der Waals surface area contributed by atoms with Gasteiger partial charge in [-0.1, -0.05) is 6.07 Å². The lowest BCUT2D eigenvalue weighted by molar-refractivity contribution is 0.0944. The molecule has 4 rings (SSSR count). The van der Waals surface area contributed by atoms with Crippen LogP contribution in [0.2, 0.25) is 0 Å². The Kier molecular flexibility index (Phi) is 5.14. The highest BCUT2D eigenvalue weighted by atomic mass is 16.6. The Morgan fingerprint density at radius 2 is 2.04 bits per heavy atom. The Bertz CT molecular complexity index is 867. The number of carbonyl (C=O) groups excluding carboxylic acids is 2. The number of aromatic amines is 1. The Labute approximate surface area is 162 Å². The van der Waals surface area contributed by atoms with Gasteiger partial charge in [-0.3, -0.25) is 9.89 Å². The van der Waals surface area contributed by atoms with Crippen molar-refractivity contribution in [1.29, 1.82) is 0 Å². The van der Waals surface area contributed by atoms with Crippen LogP contribution in [0.4, 0.5) is 16.4 Å². The van der Waals surface area contributed by atoms with Gasteiger partial charge >= 0.3 is 6.09 Å². The topological polar surface area (TPSA) is 121 Å². The van der Waals surface area contributed by atoms with Crippen molar-refractivity contribution < 1.29 is 14.3 Å². The Hall–Kier alpha value is -3.10. The molecule has 3 heterocycles. The summed E-state index contributed by atoms with van der Waals surface area (Å²) in [6, 6.07) is 7.05. The Balaban J connectivity index is 1.56. The van der Waals surface area contributed by atoms with Gasteiger partial charge in [-0.25, -0.2) is 9.78 Å². The summed E-state index contributed by atoms with van der Waals surface area (Å²) in [6.45, 7) is 2.31. The number of anilines is 2. The minimum absolute atomic E-state index is 0.103. The molecule has 9 heteroatoms. The van der Waals surface area contributed by atoms with Gasteiger partial charge in [-0.15, -0.1) is 0 Å². The minimum Gasteiger partial charge on any atom is -0.446 e. The van der Waals surface area contributed by atoms with Crippen molar-refractivity contribution in [2.45, 2.75) is 50.7 Å². The molecule has 4 N–H and O–H groups in total. The second-order valence-electron chi connectivity index (χ2n) is 7.37. The second kappa shape index (κ2) is 7.87. The normalized spacial score (nSPS) is 25.5. The number of nitrogens with zero attached hydrogens (tertiary/aromatic N) is 2. The maximum absolute atomic E-state index is 12.3. The van der Waals surface area contributed by atoms with Crippen molar-refractivity contribution >= 4 is 23.6 Å². The fraction of sp³-hybridized carbons (Fsp3) is 0.474. The molecule has 2 amide bonds. The number of carbonyl (C=O) groups is 2. The van der Waals surface area contributed by atoms with Gasteiger partial charge in [-0.2, -0.15) is 5.10 Å². The molecular formula is C19H24N6O3. The summed E-state index contributed by atoms with van der Waals surface area (Å²) in [6.07, 6.45) is 2.61. The zero-order chi connectivity index (χ0) is 19.5. The third kappa shape index (κ3) is 4.24. The second-order valence-corrected chi connectivity index (χ2v) is 7.37. The van der Waals surface area contributed by atoms with E-state index in [1.54, 1.807) is 18.2 Å². The van der Waals surface area contributed by atoms with Gasteiger partial charge in [0.1, 0.15) is 17.6 Å². The molecule has 9 nitrogen and oxygen atoms in total. The van der Waals surface area contributed by atoms with E-state index in [1.165, 1.54) is 0 Å². The molecule has 1 saturated carbocycles. The van der Waals surface area contributed by atoms with E-state index in [0.29, 0.717) is 30.3 Å². The standard InChI is InChI=1S/C19H24N6O3/c1-11-7-8-20-18(26)14-3-2-4-16(22-14)23-17-10-15(24-25-17)12-5-6-13(9-12)28-19(27)21-11/h2-4,10-13H,5-9H2,1H3,(H,20,26)(H,21,27)(H2,22,23,24,25)/t11-,12?,13-/m1/s1. The van der Waals surface area contributed by atoms with Crippen LogP contribution in [-0.2, 0) is 4.74 Å². The van der Waals surface area contributed by atoms with Crippen LogP contribution in [-0.4, -0.2) is 45.9 Å². The number of hydrogen-bond acceptors (Lipinski definition) is 6. The third-order valence-corrected chi connectivity index (χ3v) is 5.16. The molecule has 148 valence electrons. The molecule has 0 spiro atoms. The van der Waals surface area contributed by atoms with Gasteiger partial charge < -0.3 is 20.7 Å². The van der Waals surface area contributed by atoms with Gasteiger partial charge in [0.25, 0.3) is 5.91 Å². The van der Waals surface area contributed by atoms with Crippen LogP contribution in [0.5, 0.6) is 0 Å². The number of hydrogen-bond donors (Lipinski definition) is 4. The molecule has 6 bridgehead atoms. The molecule has 2 aliphatic rings. The maximum atomic E-state index is 12.3. The number of pyridine rings is 1. The molecule has 0 radical (unpaired) electrons. The third-order valence-electron chi connectivity index (χ3n) is 5.16. The van der Waals surface area contributed by atoms with Gasteiger partial charge in [0.05, 0.1) is 0 Å². The van der Waals surface area contributed by atoms with E-state index in [1.807, 2.05) is 13.0 Å². The fourth-order valence-electron chi connectivity index (χ4n) is 3.65. The highest BCUT2D eigenvalue weighted by Crippen LogP contribution is 2.36. The van der Waals surface area contributed by atoms with Gasteiger partial charge in [-0.05, 0) is 44.7 Å². The number of nitrogens with one attached hydrogen (secondary N) is 4. The summed E-state index contributed by atoms with van der Waals surface area (Å²) in [4.78, 5) is 28.8. The molecule has 1 aliphatic heterocycles. The molecule has 0 aromatic carbocycles. The van der Waals surface area contributed by atoms with Crippen molar-refractivity contribution in [1.82, 2.24) is 25.8 Å². The number of ether oxygens (including phenoxy) is 1. The number of rotatable bonds is 0. The van der Waals surface area contributed by atoms with E-state index >= 15 is 0 Å². The average molecular weight is 384 g/mol. The summed E-state index contributed by atoms with van der Waals surface area (Å²) in [5.41, 5.74) is 1.32. The van der Waals surface area contributed by atoms with Crippen LogP contribution in [0.15, 0.2) is 24.3 Å². The molecule has 2 aromatic heterocycles. The molecular weight excluding hydrogens is 360 g/mol. The average Bonchev–Trinajstić information content (AvgIpc) is 3.30. The molecule has 3 atom stereocenters. The van der Waals surface area contributed by atoms with Crippen LogP contribution in [0.25, 0.3) is 0 Å². The van der Waals surface area contributed by atoms with Gasteiger partial charge in [0.2, 0.25) is 0 Å². The first-order chi connectivity index (χ1) is 13.6. The van der Waals surface area contributed by atoms with E-state index in [9.17, 15) is 9.59 Å². The lowest BCUT2D eigenvalue weighted by Crippen LogP contribution is -2.37. The van der Waals surface area contributed by atoms with E-state index in [0.717, 1.165) is 25.0 Å². The Morgan fingerprint density at radius 1 is 1.14 bits per heavy atom. The summed E-state index contributed by atoms with van der Waals surface area (Å²) in [5, 5.41) is 16.1. The SMILES string of the molecule is C[C@@H]1CCNC(=O)c2cccc(n2)Nc2cc([nH]n2)C2CC[C@H](C2)OC(=O)N1. The largest absolute Gasteiger partial charge is 0.446 e. The highest BCUT2D eigenvalue weighted by molar-refractivity contribution is 5.92.